The summed E-state index contributed by atoms with van der Waals surface area (Å²) in [5.74, 6) is 2.54. The number of thioether (sulfide) groups is 1. The highest BCUT2D eigenvalue weighted by Crippen LogP contribution is 2.33. The minimum atomic E-state index is 0.116. The van der Waals surface area contributed by atoms with Crippen molar-refractivity contribution in [2.45, 2.75) is 32.7 Å². The maximum atomic E-state index is 11.0. The van der Waals surface area contributed by atoms with Crippen molar-refractivity contribution in [3.63, 3.8) is 0 Å². The molecule has 1 aliphatic rings. The second kappa shape index (κ2) is 5.75. The zero-order chi connectivity index (χ0) is 11.3. The van der Waals surface area contributed by atoms with E-state index in [2.05, 4.69) is 24.5 Å². The van der Waals surface area contributed by atoms with Crippen LogP contribution in [0.4, 0.5) is 0 Å². The molecule has 0 aromatic heterocycles. The molecule has 2 N–H and O–H groups in total. The molecule has 1 amide bonds. The summed E-state index contributed by atoms with van der Waals surface area (Å²) in [6, 6.07) is 0.573. The Morgan fingerprint density at radius 1 is 1.53 bits per heavy atom. The fraction of sp³-hybridized carbons (Fsp3) is 0.909. The molecule has 0 aromatic carbocycles. The summed E-state index contributed by atoms with van der Waals surface area (Å²) in [4.78, 5) is 11.0. The van der Waals surface area contributed by atoms with Gasteiger partial charge < -0.3 is 10.6 Å². The Kier molecular flexibility index (Phi) is 4.93. The van der Waals surface area contributed by atoms with Crippen molar-refractivity contribution in [3.05, 3.63) is 0 Å². The van der Waals surface area contributed by atoms with Crippen LogP contribution < -0.4 is 10.6 Å². The van der Waals surface area contributed by atoms with E-state index in [1.807, 2.05) is 11.8 Å². The van der Waals surface area contributed by atoms with E-state index in [1.165, 1.54) is 17.9 Å². The summed E-state index contributed by atoms with van der Waals surface area (Å²) in [5, 5.41) is 6.10. The number of rotatable bonds is 4. The van der Waals surface area contributed by atoms with Crippen LogP contribution in [0, 0.1) is 5.41 Å². The lowest BCUT2D eigenvalue weighted by Gasteiger charge is -2.35. The van der Waals surface area contributed by atoms with Gasteiger partial charge in [-0.05, 0) is 17.6 Å². The van der Waals surface area contributed by atoms with Gasteiger partial charge in [0.2, 0.25) is 5.91 Å². The first-order chi connectivity index (χ1) is 7.03. The Balaban J connectivity index is 2.18. The number of carbonyl (C=O) groups excluding carboxylic acids is 1. The summed E-state index contributed by atoms with van der Waals surface area (Å²) in [5.41, 5.74) is 0.438. The van der Waals surface area contributed by atoms with Gasteiger partial charge >= 0.3 is 0 Å². The third kappa shape index (κ3) is 4.89. The van der Waals surface area contributed by atoms with Crippen molar-refractivity contribution < 1.29 is 4.79 Å². The number of amides is 1. The molecule has 0 aromatic rings. The summed E-state index contributed by atoms with van der Waals surface area (Å²) in [6.45, 7) is 5.42. The summed E-state index contributed by atoms with van der Waals surface area (Å²) < 4.78 is 0. The fourth-order valence-corrected chi connectivity index (χ4v) is 3.22. The topological polar surface area (TPSA) is 41.1 Å². The molecule has 0 bridgehead atoms. The highest BCUT2D eigenvalue weighted by atomic mass is 32.2. The van der Waals surface area contributed by atoms with Gasteiger partial charge in [-0.2, -0.15) is 11.8 Å². The molecule has 0 saturated carbocycles. The van der Waals surface area contributed by atoms with Crippen LogP contribution in [-0.2, 0) is 4.79 Å². The molecule has 1 saturated heterocycles. The molecule has 4 heteroatoms. The molecule has 15 heavy (non-hydrogen) atoms. The minimum absolute atomic E-state index is 0.116. The van der Waals surface area contributed by atoms with Crippen LogP contribution in [0.25, 0.3) is 0 Å². The van der Waals surface area contributed by atoms with Gasteiger partial charge in [-0.15, -0.1) is 0 Å². The molecule has 0 radical (unpaired) electrons. The Hall–Kier alpha value is -0.220. The van der Waals surface area contributed by atoms with Gasteiger partial charge in [-0.1, -0.05) is 13.8 Å². The molecule has 1 rings (SSSR count). The normalized spacial score (nSPS) is 24.9. The molecular formula is C11H22N2OS. The van der Waals surface area contributed by atoms with Crippen LogP contribution in [0.1, 0.15) is 26.7 Å². The van der Waals surface area contributed by atoms with Crippen LogP contribution in [0.5, 0.6) is 0 Å². The van der Waals surface area contributed by atoms with Crippen molar-refractivity contribution in [1.29, 1.82) is 0 Å². The Morgan fingerprint density at radius 3 is 2.87 bits per heavy atom. The van der Waals surface area contributed by atoms with E-state index in [4.69, 9.17) is 0 Å². The first kappa shape index (κ1) is 12.8. The maximum Gasteiger partial charge on any atom is 0.221 e. The second-order valence-corrected chi connectivity index (χ2v) is 5.99. The molecule has 3 nitrogen and oxygen atoms in total. The van der Waals surface area contributed by atoms with Crippen LogP contribution in [0.3, 0.4) is 0 Å². The van der Waals surface area contributed by atoms with Crippen molar-refractivity contribution >= 4 is 17.7 Å². The van der Waals surface area contributed by atoms with Crippen LogP contribution in [0.2, 0.25) is 0 Å². The largest absolute Gasteiger partial charge is 0.359 e. The number of hydrogen-bond acceptors (Lipinski definition) is 3. The average Bonchev–Trinajstić information content (AvgIpc) is 2.16. The quantitative estimate of drug-likeness (QED) is 0.763. The predicted octanol–water partition coefficient (Wildman–Crippen LogP) is 1.24. The van der Waals surface area contributed by atoms with Gasteiger partial charge in [0.1, 0.15) is 0 Å². The fourth-order valence-electron chi connectivity index (χ4n) is 1.91. The van der Waals surface area contributed by atoms with E-state index in [0.29, 0.717) is 17.9 Å². The molecule has 1 unspecified atom stereocenters. The third-order valence-electron chi connectivity index (χ3n) is 2.67. The van der Waals surface area contributed by atoms with Crippen molar-refractivity contribution in [1.82, 2.24) is 10.6 Å². The lowest BCUT2D eigenvalue weighted by molar-refractivity contribution is -0.120. The zero-order valence-electron chi connectivity index (χ0n) is 9.93. The van der Waals surface area contributed by atoms with Gasteiger partial charge in [0.05, 0.1) is 0 Å². The van der Waals surface area contributed by atoms with Crippen molar-refractivity contribution in [3.8, 4) is 0 Å². The van der Waals surface area contributed by atoms with Crippen LogP contribution in [-0.4, -0.2) is 37.0 Å². The second-order valence-electron chi connectivity index (χ2n) is 4.96. The molecule has 1 fully saturated rings. The molecule has 0 spiro atoms. The molecule has 1 heterocycles. The molecule has 0 aliphatic carbocycles. The maximum absolute atomic E-state index is 11.0. The van der Waals surface area contributed by atoms with Gasteiger partial charge in [0.15, 0.2) is 0 Å². The number of carbonyl (C=O) groups is 1. The van der Waals surface area contributed by atoms with Gasteiger partial charge in [0, 0.05) is 31.8 Å². The van der Waals surface area contributed by atoms with E-state index >= 15 is 0 Å². The number of hydrogen-bond donors (Lipinski definition) is 2. The first-order valence-electron chi connectivity index (χ1n) is 5.55. The van der Waals surface area contributed by atoms with Gasteiger partial charge in [-0.25, -0.2) is 0 Å². The lowest BCUT2D eigenvalue weighted by Crippen LogP contribution is -2.41. The first-order valence-corrected chi connectivity index (χ1v) is 6.71. The van der Waals surface area contributed by atoms with E-state index in [0.717, 1.165) is 6.54 Å². The van der Waals surface area contributed by atoms with Crippen molar-refractivity contribution in [2.75, 3.05) is 25.1 Å². The third-order valence-corrected chi connectivity index (χ3v) is 4.30. The Bertz CT molecular complexity index is 219. The molecule has 88 valence electrons. The molecule has 1 atom stereocenters. The standard InChI is InChI=1S/C11H22N2OS/c1-11(2)6-9(7-15-8-11)13-5-4-10(14)12-3/h9,13H,4-8H2,1-3H3,(H,12,14). The van der Waals surface area contributed by atoms with Crippen molar-refractivity contribution in [2.24, 2.45) is 5.41 Å². The highest BCUT2D eigenvalue weighted by molar-refractivity contribution is 7.99. The SMILES string of the molecule is CNC(=O)CCNC1CSCC(C)(C)C1. The Morgan fingerprint density at radius 2 is 2.27 bits per heavy atom. The number of nitrogens with one attached hydrogen (secondary N) is 2. The predicted molar refractivity (Wildman–Crippen MR) is 66.2 cm³/mol. The van der Waals surface area contributed by atoms with Crippen LogP contribution in [0.15, 0.2) is 0 Å². The average molecular weight is 230 g/mol. The van der Waals surface area contributed by atoms with Gasteiger partial charge in [-0.3, -0.25) is 4.79 Å². The summed E-state index contributed by atoms with van der Waals surface area (Å²) in [7, 11) is 1.68. The monoisotopic (exact) mass is 230 g/mol. The minimum Gasteiger partial charge on any atom is -0.359 e. The van der Waals surface area contributed by atoms with Gasteiger partial charge in [0.25, 0.3) is 0 Å². The van der Waals surface area contributed by atoms with E-state index in [9.17, 15) is 4.79 Å². The van der Waals surface area contributed by atoms with E-state index in [1.54, 1.807) is 7.05 Å². The summed E-state index contributed by atoms with van der Waals surface area (Å²) >= 11 is 2.01. The molecule has 1 aliphatic heterocycles. The van der Waals surface area contributed by atoms with E-state index in [-0.39, 0.29) is 5.91 Å². The lowest BCUT2D eigenvalue weighted by atomic mass is 9.88. The van der Waals surface area contributed by atoms with E-state index < -0.39 is 0 Å². The highest BCUT2D eigenvalue weighted by Gasteiger charge is 2.27. The smallest absolute Gasteiger partial charge is 0.221 e. The zero-order valence-corrected chi connectivity index (χ0v) is 10.7. The van der Waals surface area contributed by atoms with Crippen LogP contribution >= 0.6 is 11.8 Å². The Labute approximate surface area is 96.8 Å². The molecular weight excluding hydrogens is 208 g/mol. The summed E-state index contributed by atoms with van der Waals surface area (Å²) in [6.07, 6.45) is 1.80.